The molecule has 7 nitrogen and oxygen atoms in total. The largest absolute Gasteiger partial charge is 0.496 e. The van der Waals surface area contributed by atoms with Crippen molar-refractivity contribution in [1.82, 2.24) is 5.32 Å². The smallest absolute Gasteiger partial charge is 0.339 e. The van der Waals surface area contributed by atoms with Gasteiger partial charge in [-0.2, -0.15) is 0 Å². The number of rotatable bonds is 6. The van der Waals surface area contributed by atoms with Gasteiger partial charge < -0.3 is 24.3 Å². The molecule has 7 heteroatoms. The molecule has 4 rings (SSSR count). The summed E-state index contributed by atoms with van der Waals surface area (Å²) in [5, 5.41) is 4.21. The molecule has 1 heterocycles. The maximum absolute atomic E-state index is 12.5. The Morgan fingerprint density at radius 1 is 1.00 bits per heavy atom. The van der Waals surface area contributed by atoms with Crippen LogP contribution in [0.1, 0.15) is 10.4 Å². The quantitative estimate of drug-likeness (QED) is 0.633. The lowest BCUT2D eigenvalue weighted by Gasteiger charge is -2.26. The number of benzene rings is 3. The number of fused-ring (bicyclic) bond motifs is 2. The number of para-hydroxylation sites is 2. The SMILES string of the molecule is COc1ccc(C(=O)OCC(=O)NC[C@H]2COc3ccccc3O2)c2ccccc12. The van der Waals surface area contributed by atoms with Crippen molar-refractivity contribution in [1.29, 1.82) is 0 Å². The number of esters is 1. The van der Waals surface area contributed by atoms with Crippen LogP contribution in [-0.2, 0) is 9.53 Å². The standard InChI is InChI=1S/C23H21NO6/c1-27-19-11-10-18(16-6-2-3-7-17(16)19)23(26)29-14-22(25)24-12-15-13-28-20-8-4-5-9-21(20)30-15/h2-11,15H,12-14H2,1H3,(H,24,25)/t15-/m0/s1. The second-order valence-corrected chi connectivity index (χ2v) is 6.74. The molecular formula is C23H21NO6. The predicted octanol–water partition coefficient (Wildman–Crippen LogP) is 2.96. The Morgan fingerprint density at radius 2 is 1.73 bits per heavy atom. The highest BCUT2D eigenvalue weighted by Crippen LogP contribution is 2.31. The Bertz CT molecular complexity index is 1080. The first-order chi connectivity index (χ1) is 14.7. The highest BCUT2D eigenvalue weighted by Gasteiger charge is 2.21. The molecule has 0 radical (unpaired) electrons. The van der Waals surface area contributed by atoms with Gasteiger partial charge in [0.05, 0.1) is 19.2 Å². The lowest BCUT2D eigenvalue weighted by atomic mass is 10.0. The molecule has 1 N–H and O–H groups in total. The van der Waals surface area contributed by atoms with Gasteiger partial charge in [-0.3, -0.25) is 4.79 Å². The van der Waals surface area contributed by atoms with Gasteiger partial charge in [0, 0.05) is 5.39 Å². The van der Waals surface area contributed by atoms with E-state index in [1.165, 1.54) is 0 Å². The first kappa shape index (κ1) is 19.6. The second kappa shape index (κ2) is 8.73. The Morgan fingerprint density at radius 3 is 2.53 bits per heavy atom. The Labute approximate surface area is 173 Å². The maximum Gasteiger partial charge on any atom is 0.339 e. The Hall–Kier alpha value is -3.74. The zero-order chi connectivity index (χ0) is 20.9. The molecule has 3 aromatic carbocycles. The number of carbonyl (C=O) groups is 2. The molecule has 1 aliphatic heterocycles. The molecule has 1 amide bonds. The van der Waals surface area contributed by atoms with Crippen LogP contribution in [0.3, 0.4) is 0 Å². The molecule has 3 aromatic rings. The summed E-state index contributed by atoms with van der Waals surface area (Å²) in [4.78, 5) is 24.6. The van der Waals surface area contributed by atoms with Gasteiger partial charge in [0.2, 0.25) is 0 Å². The maximum atomic E-state index is 12.5. The van der Waals surface area contributed by atoms with Crippen molar-refractivity contribution in [3.8, 4) is 17.2 Å². The Balaban J connectivity index is 1.31. The molecular weight excluding hydrogens is 386 g/mol. The third-order valence-electron chi connectivity index (χ3n) is 4.75. The number of amides is 1. The van der Waals surface area contributed by atoms with E-state index < -0.39 is 11.9 Å². The summed E-state index contributed by atoms with van der Waals surface area (Å²) in [5.41, 5.74) is 0.375. The van der Waals surface area contributed by atoms with Crippen LogP contribution in [0.5, 0.6) is 17.2 Å². The number of ether oxygens (including phenoxy) is 4. The minimum atomic E-state index is -0.574. The van der Waals surface area contributed by atoms with Gasteiger partial charge in [-0.1, -0.05) is 36.4 Å². The number of methoxy groups -OCH3 is 1. The van der Waals surface area contributed by atoms with Crippen molar-refractivity contribution < 1.29 is 28.5 Å². The van der Waals surface area contributed by atoms with Gasteiger partial charge >= 0.3 is 5.97 Å². The normalized spacial score (nSPS) is 14.8. The summed E-state index contributed by atoms with van der Waals surface area (Å²) >= 11 is 0. The first-order valence-electron chi connectivity index (χ1n) is 9.54. The molecule has 0 aromatic heterocycles. The molecule has 1 aliphatic rings. The van der Waals surface area contributed by atoms with E-state index in [4.69, 9.17) is 18.9 Å². The van der Waals surface area contributed by atoms with E-state index in [1.807, 2.05) is 48.5 Å². The van der Waals surface area contributed by atoms with Crippen LogP contribution in [0.25, 0.3) is 10.8 Å². The van der Waals surface area contributed by atoms with E-state index in [1.54, 1.807) is 19.2 Å². The van der Waals surface area contributed by atoms with Crippen molar-refractivity contribution in [2.24, 2.45) is 0 Å². The number of hydrogen-bond acceptors (Lipinski definition) is 6. The van der Waals surface area contributed by atoms with Crippen LogP contribution in [0.2, 0.25) is 0 Å². The van der Waals surface area contributed by atoms with Crippen LogP contribution in [-0.4, -0.2) is 44.8 Å². The zero-order valence-electron chi connectivity index (χ0n) is 16.4. The number of nitrogens with one attached hydrogen (secondary N) is 1. The van der Waals surface area contributed by atoms with E-state index in [2.05, 4.69) is 5.32 Å². The van der Waals surface area contributed by atoms with Crippen LogP contribution in [0, 0.1) is 0 Å². The molecule has 0 fully saturated rings. The van der Waals surface area contributed by atoms with Gasteiger partial charge in [-0.05, 0) is 29.7 Å². The number of hydrogen-bond donors (Lipinski definition) is 1. The van der Waals surface area contributed by atoms with Crippen molar-refractivity contribution in [3.05, 3.63) is 66.2 Å². The molecule has 0 unspecified atom stereocenters. The first-order valence-corrected chi connectivity index (χ1v) is 9.54. The lowest BCUT2D eigenvalue weighted by molar-refractivity contribution is -0.124. The molecule has 0 saturated carbocycles. The summed E-state index contributed by atoms with van der Waals surface area (Å²) in [6, 6.07) is 18.1. The monoisotopic (exact) mass is 407 g/mol. The highest BCUT2D eigenvalue weighted by atomic mass is 16.6. The zero-order valence-corrected chi connectivity index (χ0v) is 16.4. The van der Waals surface area contributed by atoms with E-state index in [0.29, 0.717) is 34.8 Å². The lowest BCUT2D eigenvalue weighted by Crippen LogP contribution is -2.42. The fourth-order valence-electron chi connectivity index (χ4n) is 3.28. The van der Waals surface area contributed by atoms with Crippen LogP contribution in [0.15, 0.2) is 60.7 Å². The molecule has 1 atom stereocenters. The van der Waals surface area contributed by atoms with Crippen LogP contribution < -0.4 is 19.5 Å². The van der Waals surface area contributed by atoms with E-state index in [-0.39, 0.29) is 19.3 Å². The van der Waals surface area contributed by atoms with Crippen molar-refractivity contribution >= 4 is 22.6 Å². The molecule has 0 aliphatic carbocycles. The third-order valence-corrected chi connectivity index (χ3v) is 4.75. The van der Waals surface area contributed by atoms with E-state index in [9.17, 15) is 9.59 Å². The van der Waals surface area contributed by atoms with Gasteiger partial charge in [0.25, 0.3) is 5.91 Å². The highest BCUT2D eigenvalue weighted by molar-refractivity contribution is 6.06. The number of carbonyl (C=O) groups excluding carboxylic acids is 2. The molecule has 154 valence electrons. The van der Waals surface area contributed by atoms with Gasteiger partial charge in [-0.15, -0.1) is 0 Å². The van der Waals surface area contributed by atoms with Gasteiger partial charge in [-0.25, -0.2) is 4.79 Å². The Kier molecular flexibility index (Phi) is 5.70. The van der Waals surface area contributed by atoms with Crippen molar-refractivity contribution in [3.63, 3.8) is 0 Å². The van der Waals surface area contributed by atoms with Crippen LogP contribution >= 0.6 is 0 Å². The summed E-state index contributed by atoms with van der Waals surface area (Å²) in [7, 11) is 1.57. The average Bonchev–Trinajstić information content (AvgIpc) is 2.80. The summed E-state index contributed by atoms with van der Waals surface area (Å²) < 4.78 is 21.9. The summed E-state index contributed by atoms with van der Waals surface area (Å²) in [6.45, 7) is 0.189. The summed E-state index contributed by atoms with van der Waals surface area (Å²) in [5.74, 6) is 0.997. The fourth-order valence-corrected chi connectivity index (χ4v) is 3.28. The topological polar surface area (TPSA) is 83.1 Å². The third kappa shape index (κ3) is 4.15. The predicted molar refractivity (Wildman–Crippen MR) is 110 cm³/mol. The minimum Gasteiger partial charge on any atom is -0.496 e. The minimum absolute atomic E-state index is 0.246. The molecule has 30 heavy (non-hydrogen) atoms. The van der Waals surface area contributed by atoms with Crippen molar-refractivity contribution in [2.45, 2.75) is 6.10 Å². The van der Waals surface area contributed by atoms with E-state index >= 15 is 0 Å². The van der Waals surface area contributed by atoms with Crippen molar-refractivity contribution in [2.75, 3.05) is 26.9 Å². The van der Waals surface area contributed by atoms with E-state index in [0.717, 1.165) is 5.39 Å². The van der Waals surface area contributed by atoms with Crippen LogP contribution in [0.4, 0.5) is 0 Å². The average molecular weight is 407 g/mol. The molecule has 0 bridgehead atoms. The van der Waals surface area contributed by atoms with Gasteiger partial charge in [0.1, 0.15) is 18.5 Å². The van der Waals surface area contributed by atoms with Gasteiger partial charge in [0.15, 0.2) is 18.1 Å². The fraction of sp³-hybridized carbons (Fsp3) is 0.217. The molecule has 0 saturated heterocycles. The summed E-state index contributed by atoms with van der Waals surface area (Å²) in [6.07, 6.45) is -0.315. The second-order valence-electron chi connectivity index (χ2n) is 6.74. The molecule has 0 spiro atoms.